The summed E-state index contributed by atoms with van der Waals surface area (Å²) in [5.74, 6) is 0.345. The third-order valence-corrected chi connectivity index (χ3v) is 6.03. The van der Waals surface area contributed by atoms with E-state index >= 15 is 0 Å². The lowest BCUT2D eigenvalue weighted by atomic mass is 9.96. The summed E-state index contributed by atoms with van der Waals surface area (Å²) < 4.78 is 0. The third-order valence-electron chi connectivity index (χ3n) is 5.48. The van der Waals surface area contributed by atoms with E-state index in [2.05, 4.69) is 20.3 Å². The number of nitrogens with one attached hydrogen (secondary N) is 1. The van der Waals surface area contributed by atoms with Gasteiger partial charge in [-0.1, -0.05) is 17.8 Å². The molecular weight excluding hydrogens is 398 g/mol. The van der Waals surface area contributed by atoms with Crippen LogP contribution >= 0.6 is 11.8 Å². The van der Waals surface area contributed by atoms with Crippen molar-refractivity contribution >= 4 is 29.4 Å². The molecule has 1 aliphatic heterocycles. The predicted octanol–water partition coefficient (Wildman–Crippen LogP) is 3.33. The van der Waals surface area contributed by atoms with Gasteiger partial charge in [0.05, 0.1) is 5.92 Å². The van der Waals surface area contributed by atoms with Crippen molar-refractivity contribution in [3.63, 3.8) is 0 Å². The molecule has 30 heavy (non-hydrogen) atoms. The van der Waals surface area contributed by atoms with Crippen LogP contribution in [0.25, 0.3) is 0 Å². The van der Waals surface area contributed by atoms with Gasteiger partial charge >= 0.3 is 0 Å². The second-order valence-electron chi connectivity index (χ2n) is 7.75. The van der Waals surface area contributed by atoms with Gasteiger partial charge in [0, 0.05) is 37.1 Å². The first kappa shape index (κ1) is 22.2. The van der Waals surface area contributed by atoms with Gasteiger partial charge in [0.2, 0.25) is 11.8 Å². The molecule has 2 amide bonds. The van der Waals surface area contributed by atoms with Crippen LogP contribution in [0.3, 0.4) is 0 Å². The fourth-order valence-electron chi connectivity index (χ4n) is 3.74. The van der Waals surface area contributed by atoms with Gasteiger partial charge in [-0.15, -0.1) is 0 Å². The number of nitrogens with zero attached hydrogens (tertiary/aromatic N) is 4. The summed E-state index contributed by atoms with van der Waals surface area (Å²) in [4.78, 5) is 40.5. The molecule has 2 aromatic heterocycles. The lowest BCUT2D eigenvalue weighted by Crippen LogP contribution is -2.44. The fraction of sp³-hybridized carbons (Fsp3) is 0.500. The highest BCUT2D eigenvalue weighted by Gasteiger charge is 2.28. The number of likely N-dealkylation sites (tertiary alicyclic amines) is 1. The van der Waals surface area contributed by atoms with E-state index in [4.69, 9.17) is 0 Å². The molecular formula is C22H29N5O2S. The first-order valence-corrected chi connectivity index (χ1v) is 11.5. The first-order chi connectivity index (χ1) is 14.4. The van der Waals surface area contributed by atoms with Gasteiger partial charge in [-0.3, -0.25) is 9.59 Å². The topological polar surface area (TPSA) is 88.1 Å². The minimum absolute atomic E-state index is 0.0726. The number of hydrogen-bond donors (Lipinski definition) is 1. The van der Waals surface area contributed by atoms with Gasteiger partial charge < -0.3 is 10.2 Å². The minimum Gasteiger partial charge on any atom is -0.342 e. The standard InChI is InChI=1S/C22H29N5O2S/c1-14-7-9-19(23-12-14)26-21(29)17-6-5-11-27(13-17)20(28)10-8-18-15(2)24-22(30-4)25-16(18)3/h7,9,12,17H,5-6,8,10-11,13H2,1-4H3,(H,23,26,29). The van der Waals surface area contributed by atoms with E-state index in [1.165, 1.54) is 11.8 Å². The Labute approximate surface area is 182 Å². The van der Waals surface area contributed by atoms with Crippen molar-refractivity contribution in [1.29, 1.82) is 0 Å². The Bertz CT molecular complexity index is 893. The summed E-state index contributed by atoms with van der Waals surface area (Å²) in [6, 6.07) is 3.72. The second-order valence-corrected chi connectivity index (χ2v) is 8.52. The van der Waals surface area contributed by atoms with Gasteiger partial charge in [0.1, 0.15) is 5.82 Å². The van der Waals surface area contributed by atoms with Crippen LogP contribution in [-0.2, 0) is 16.0 Å². The molecule has 1 atom stereocenters. The van der Waals surface area contributed by atoms with Gasteiger partial charge in [-0.2, -0.15) is 0 Å². The second kappa shape index (κ2) is 10.0. The van der Waals surface area contributed by atoms with E-state index in [1.807, 2.05) is 38.0 Å². The van der Waals surface area contributed by atoms with Crippen LogP contribution in [0.15, 0.2) is 23.5 Å². The Kier molecular flexibility index (Phi) is 7.42. The normalized spacial score (nSPS) is 16.4. The SMILES string of the molecule is CSc1nc(C)c(CCC(=O)N2CCCC(C(=O)Nc3ccc(C)cn3)C2)c(C)n1. The molecule has 3 heterocycles. The van der Waals surface area contributed by atoms with Crippen molar-refractivity contribution in [2.45, 2.75) is 51.6 Å². The van der Waals surface area contributed by atoms with Crippen LogP contribution < -0.4 is 5.32 Å². The Morgan fingerprint density at radius 3 is 2.57 bits per heavy atom. The van der Waals surface area contributed by atoms with Crippen molar-refractivity contribution in [2.75, 3.05) is 24.7 Å². The number of aryl methyl sites for hydroxylation is 3. The van der Waals surface area contributed by atoms with Crippen LogP contribution in [0.1, 0.15) is 41.8 Å². The monoisotopic (exact) mass is 427 g/mol. The number of rotatable bonds is 6. The maximum absolute atomic E-state index is 12.8. The van der Waals surface area contributed by atoms with E-state index in [9.17, 15) is 9.59 Å². The summed E-state index contributed by atoms with van der Waals surface area (Å²) in [5.41, 5.74) is 3.95. The van der Waals surface area contributed by atoms with E-state index in [0.717, 1.165) is 40.5 Å². The van der Waals surface area contributed by atoms with Crippen LogP contribution in [0.5, 0.6) is 0 Å². The molecule has 0 bridgehead atoms. The Morgan fingerprint density at radius 2 is 1.93 bits per heavy atom. The maximum Gasteiger partial charge on any atom is 0.230 e. The molecule has 1 fully saturated rings. The van der Waals surface area contributed by atoms with Crippen molar-refractivity contribution < 1.29 is 9.59 Å². The highest BCUT2D eigenvalue weighted by atomic mass is 32.2. The van der Waals surface area contributed by atoms with E-state index in [0.29, 0.717) is 31.7 Å². The average molecular weight is 428 g/mol. The molecule has 2 aromatic rings. The number of carbonyl (C=O) groups excluding carboxylic acids is 2. The first-order valence-electron chi connectivity index (χ1n) is 10.3. The quantitative estimate of drug-likeness (QED) is 0.562. The Morgan fingerprint density at radius 1 is 1.20 bits per heavy atom. The molecule has 3 rings (SSSR count). The number of pyridine rings is 1. The van der Waals surface area contributed by atoms with Crippen molar-refractivity contribution in [3.8, 4) is 0 Å². The number of carbonyl (C=O) groups is 2. The zero-order valence-corrected chi connectivity index (χ0v) is 18.9. The van der Waals surface area contributed by atoms with Crippen LogP contribution in [0.4, 0.5) is 5.82 Å². The predicted molar refractivity (Wildman–Crippen MR) is 119 cm³/mol. The molecule has 1 aliphatic rings. The molecule has 0 saturated carbocycles. The van der Waals surface area contributed by atoms with Crippen molar-refractivity contribution in [2.24, 2.45) is 5.92 Å². The van der Waals surface area contributed by atoms with Crippen LogP contribution in [-0.4, -0.2) is 51.0 Å². The summed E-state index contributed by atoms with van der Waals surface area (Å²) in [6.07, 6.45) is 6.31. The zero-order chi connectivity index (χ0) is 21.7. The van der Waals surface area contributed by atoms with E-state index in [1.54, 1.807) is 12.3 Å². The summed E-state index contributed by atoms with van der Waals surface area (Å²) >= 11 is 1.52. The average Bonchev–Trinajstić information content (AvgIpc) is 2.74. The summed E-state index contributed by atoms with van der Waals surface area (Å²) in [6.45, 7) is 7.04. The number of hydrogen-bond acceptors (Lipinski definition) is 6. The summed E-state index contributed by atoms with van der Waals surface area (Å²) in [7, 11) is 0. The maximum atomic E-state index is 12.8. The van der Waals surface area contributed by atoms with Gasteiger partial charge in [-0.05, 0) is 63.5 Å². The molecule has 0 radical (unpaired) electrons. The third kappa shape index (κ3) is 5.56. The van der Waals surface area contributed by atoms with Crippen LogP contribution in [0, 0.1) is 26.7 Å². The lowest BCUT2D eigenvalue weighted by molar-refractivity contribution is -0.134. The molecule has 1 unspecified atom stereocenters. The Hall–Kier alpha value is -2.48. The smallest absolute Gasteiger partial charge is 0.230 e. The molecule has 8 heteroatoms. The van der Waals surface area contributed by atoms with Crippen molar-refractivity contribution in [1.82, 2.24) is 19.9 Å². The number of piperidine rings is 1. The van der Waals surface area contributed by atoms with E-state index in [-0.39, 0.29) is 17.7 Å². The van der Waals surface area contributed by atoms with Gasteiger partial charge in [-0.25, -0.2) is 15.0 Å². The fourth-order valence-corrected chi connectivity index (χ4v) is 4.20. The Balaban J connectivity index is 1.56. The molecule has 7 nitrogen and oxygen atoms in total. The largest absolute Gasteiger partial charge is 0.342 e. The van der Waals surface area contributed by atoms with Crippen molar-refractivity contribution in [3.05, 3.63) is 40.8 Å². The number of aromatic nitrogens is 3. The van der Waals surface area contributed by atoms with E-state index < -0.39 is 0 Å². The molecule has 160 valence electrons. The van der Waals surface area contributed by atoms with Crippen LogP contribution in [0.2, 0.25) is 0 Å². The lowest BCUT2D eigenvalue weighted by Gasteiger charge is -2.32. The highest BCUT2D eigenvalue weighted by molar-refractivity contribution is 7.98. The highest BCUT2D eigenvalue weighted by Crippen LogP contribution is 2.21. The number of amides is 2. The molecule has 1 N–H and O–H groups in total. The van der Waals surface area contributed by atoms with Gasteiger partial charge in [0.15, 0.2) is 5.16 Å². The number of anilines is 1. The minimum atomic E-state index is -0.210. The number of thioether (sulfide) groups is 1. The van der Waals surface area contributed by atoms with Gasteiger partial charge in [0.25, 0.3) is 0 Å². The molecule has 0 spiro atoms. The summed E-state index contributed by atoms with van der Waals surface area (Å²) in [5, 5.41) is 3.63. The molecule has 1 saturated heterocycles. The molecule has 0 aliphatic carbocycles. The molecule has 0 aromatic carbocycles. The zero-order valence-electron chi connectivity index (χ0n) is 18.1.